The summed E-state index contributed by atoms with van der Waals surface area (Å²) in [4.78, 5) is 0. The Bertz CT molecular complexity index is 238. The van der Waals surface area contributed by atoms with Crippen molar-refractivity contribution >= 4 is 11.8 Å². The Labute approximate surface area is 55.9 Å². The van der Waals surface area contributed by atoms with Crippen molar-refractivity contribution in [3.05, 3.63) is 5.89 Å². The minimum Gasteiger partial charge on any atom is -0.403 e. The molecule has 0 saturated carbocycles. The lowest BCUT2D eigenvalue weighted by atomic mass is 10.8. The monoisotopic (exact) mass is 141 g/mol. The fraction of sp³-hybridized carbons (Fsp3) is 0.250. The number of aromatic nitrogens is 2. The van der Waals surface area contributed by atoms with Gasteiger partial charge in [0.15, 0.2) is 6.07 Å². The third-order valence-corrected chi connectivity index (χ3v) is 1.19. The molecule has 1 heterocycles. The molecule has 0 aliphatic carbocycles. The Balaban J connectivity index is 2.90. The van der Waals surface area contributed by atoms with E-state index in [2.05, 4.69) is 10.2 Å². The fourth-order valence-corrected chi connectivity index (χ4v) is 0.622. The van der Waals surface area contributed by atoms with Crippen molar-refractivity contribution in [3.63, 3.8) is 0 Å². The van der Waals surface area contributed by atoms with Gasteiger partial charge in [0.25, 0.3) is 5.22 Å². The van der Waals surface area contributed by atoms with E-state index in [1.165, 1.54) is 11.8 Å². The average Bonchev–Trinajstić information content (AvgIpc) is 2.34. The molecule has 0 radical (unpaired) electrons. The molecule has 0 aliphatic rings. The van der Waals surface area contributed by atoms with Gasteiger partial charge >= 0.3 is 5.89 Å². The van der Waals surface area contributed by atoms with Crippen LogP contribution in [-0.2, 0) is 0 Å². The van der Waals surface area contributed by atoms with Crippen LogP contribution >= 0.6 is 11.8 Å². The zero-order valence-corrected chi connectivity index (χ0v) is 5.47. The molecule has 0 aliphatic heterocycles. The SMILES string of the molecule is CSc1nnc(C#N)o1. The summed E-state index contributed by atoms with van der Waals surface area (Å²) >= 11 is 1.31. The summed E-state index contributed by atoms with van der Waals surface area (Å²) in [5, 5.41) is 15.5. The van der Waals surface area contributed by atoms with Crippen molar-refractivity contribution < 1.29 is 4.42 Å². The summed E-state index contributed by atoms with van der Waals surface area (Å²) in [6.07, 6.45) is 1.80. The fourth-order valence-electron chi connectivity index (χ4n) is 0.337. The van der Waals surface area contributed by atoms with E-state index in [1.54, 1.807) is 12.3 Å². The van der Waals surface area contributed by atoms with Gasteiger partial charge in [-0.15, -0.1) is 5.10 Å². The van der Waals surface area contributed by atoms with Gasteiger partial charge in [-0.25, -0.2) is 0 Å². The third-order valence-electron chi connectivity index (χ3n) is 0.677. The summed E-state index contributed by atoms with van der Waals surface area (Å²) < 4.78 is 4.76. The quantitative estimate of drug-likeness (QED) is 0.537. The molecule has 0 fully saturated rings. The zero-order valence-electron chi connectivity index (χ0n) is 4.66. The highest BCUT2D eigenvalue weighted by molar-refractivity contribution is 7.98. The molecule has 1 aromatic rings. The van der Waals surface area contributed by atoms with Crippen LogP contribution in [0.4, 0.5) is 0 Å². The van der Waals surface area contributed by atoms with Crippen molar-refractivity contribution in [1.82, 2.24) is 10.2 Å². The van der Waals surface area contributed by atoms with Crippen LogP contribution in [0.25, 0.3) is 0 Å². The molecule has 9 heavy (non-hydrogen) atoms. The van der Waals surface area contributed by atoms with Gasteiger partial charge in [0, 0.05) is 0 Å². The number of thioether (sulfide) groups is 1. The lowest BCUT2D eigenvalue weighted by Crippen LogP contribution is -1.69. The van der Waals surface area contributed by atoms with Crippen molar-refractivity contribution in [2.45, 2.75) is 5.22 Å². The van der Waals surface area contributed by atoms with Crippen molar-refractivity contribution in [3.8, 4) is 6.07 Å². The number of nitriles is 1. The van der Waals surface area contributed by atoms with Crippen LogP contribution in [0.1, 0.15) is 5.89 Å². The maximum absolute atomic E-state index is 8.19. The van der Waals surface area contributed by atoms with Crippen molar-refractivity contribution in [2.24, 2.45) is 0 Å². The van der Waals surface area contributed by atoms with Gasteiger partial charge in [-0.2, -0.15) is 5.26 Å². The molecule has 0 spiro atoms. The molecule has 0 bridgehead atoms. The van der Waals surface area contributed by atoms with Crippen LogP contribution in [0, 0.1) is 11.3 Å². The Hall–Kier alpha value is -1.02. The Morgan fingerprint density at radius 2 is 2.44 bits per heavy atom. The van der Waals surface area contributed by atoms with E-state index >= 15 is 0 Å². The second-order valence-electron chi connectivity index (χ2n) is 1.19. The van der Waals surface area contributed by atoms with Crippen LogP contribution in [0.3, 0.4) is 0 Å². The number of nitrogens with zero attached hydrogens (tertiary/aromatic N) is 3. The third kappa shape index (κ3) is 1.21. The molecule has 46 valence electrons. The first-order chi connectivity index (χ1) is 4.36. The van der Waals surface area contributed by atoms with Gasteiger partial charge in [-0.1, -0.05) is 16.9 Å². The molecule has 0 aromatic carbocycles. The maximum Gasteiger partial charge on any atom is 0.321 e. The zero-order chi connectivity index (χ0) is 6.69. The van der Waals surface area contributed by atoms with Crippen LogP contribution < -0.4 is 0 Å². The van der Waals surface area contributed by atoms with Crippen molar-refractivity contribution in [2.75, 3.05) is 6.26 Å². The summed E-state index contributed by atoms with van der Waals surface area (Å²) in [7, 11) is 0. The van der Waals surface area contributed by atoms with E-state index in [1.807, 2.05) is 0 Å². The lowest BCUT2D eigenvalue weighted by Gasteiger charge is -1.76. The number of rotatable bonds is 1. The second kappa shape index (κ2) is 2.51. The summed E-state index contributed by atoms with van der Waals surface area (Å²) in [6, 6.07) is 1.73. The molecule has 0 amide bonds. The predicted molar refractivity (Wildman–Crippen MR) is 30.8 cm³/mol. The van der Waals surface area contributed by atoms with Gasteiger partial charge in [0.1, 0.15) is 0 Å². The highest BCUT2D eigenvalue weighted by Gasteiger charge is 2.00. The van der Waals surface area contributed by atoms with Gasteiger partial charge in [0.2, 0.25) is 0 Å². The molecule has 1 rings (SSSR count). The highest BCUT2D eigenvalue weighted by Crippen LogP contribution is 2.10. The first-order valence-corrected chi connectivity index (χ1v) is 3.37. The summed E-state index contributed by atoms with van der Waals surface area (Å²) in [5.41, 5.74) is 0. The molecule has 4 nitrogen and oxygen atoms in total. The van der Waals surface area contributed by atoms with E-state index in [0.29, 0.717) is 5.22 Å². The molecule has 0 atom stereocenters. The predicted octanol–water partition coefficient (Wildman–Crippen LogP) is 0.663. The summed E-state index contributed by atoms with van der Waals surface area (Å²) in [6.45, 7) is 0. The smallest absolute Gasteiger partial charge is 0.321 e. The molecule has 5 heteroatoms. The van der Waals surface area contributed by atoms with E-state index in [0.717, 1.165) is 0 Å². The van der Waals surface area contributed by atoms with E-state index in [-0.39, 0.29) is 5.89 Å². The average molecular weight is 141 g/mol. The molecular formula is C4H3N3OS. The van der Waals surface area contributed by atoms with E-state index in [4.69, 9.17) is 9.68 Å². The molecular weight excluding hydrogens is 138 g/mol. The second-order valence-corrected chi connectivity index (χ2v) is 1.95. The highest BCUT2D eigenvalue weighted by atomic mass is 32.2. The Morgan fingerprint density at radius 3 is 2.78 bits per heavy atom. The first-order valence-electron chi connectivity index (χ1n) is 2.14. The largest absolute Gasteiger partial charge is 0.403 e. The topological polar surface area (TPSA) is 62.7 Å². The maximum atomic E-state index is 8.19. The number of hydrogen-bond acceptors (Lipinski definition) is 5. The Morgan fingerprint density at radius 1 is 1.67 bits per heavy atom. The minimum absolute atomic E-state index is 0.0133. The molecule has 0 saturated heterocycles. The first kappa shape index (κ1) is 6.11. The van der Waals surface area contributed by atoms with Gasteiger partial charge in [0.05, 0.1) is 0 Å². The van der Waals surface area contributed by atoms with E-state index < -0.39 is 0 Å². The normalized spacial score (nSPS) is 8.89. The van der Waals surface area contributed by atoms with Gasteiger partial charge < -0.3 is 4.42 Å². The summed E-state index contributed by atoms with van der Waals surface area (Å²) in [5.74, 6) is 0.0133. The van der Waals surface area contributed by atoms with Gasteiger partial charge in [-0.05, 0) is 6.26 Å². The molecule has 1 aromatic heterocycles. The van der Waals surface area contributed by atoms with Crippen LogP contribution in [-0.4, -0.2) is 16.5 Å². The minimum atomic E-state index is 0.0133. The molecule has 0 unspecified atom stereocenters. The van der Waals surface area contributed by atoms with Crippen LogP contribution in [0.2, 0.25) is 0 Å². The van der Waals surface area contributed by atoms with Crippen molar-refractivity contribution in [1.29, 1.82) is 5.26 Å². The molecule has 0 N–H and O–H groups in total. The van der Waals surface area contributed by atoms with Crippen LogP contribution in [0.15, 0.2) is 9.64 Å². The van der Waals surface area contributed by atoms with Crippen LogP contribution in [0.5, 0.6) is 0 Å². The standard InChI is InChI=1S/C4H3N3OS/c1-9-4-7-6-3(2-5)8-4/h1H3. The Kier molecular flexibility index (Phi) is 1.70. The van der Waals surface area contributed by atoms with Gasteiger partial charge in [-0.3, -0.25) is 0 Å². The lowest BCUT2D eigenvalue weighted by molar-refractivity contribution is 0.443. The number of hydrogen-bond donors (Lipinski definition) is 0. The van der Waals surface area contributed by atoms with E-state index in [9.17, 15) is 0 Å².